The van der Waals surface area contributed by atoms with Crippen LogP contribution in [0.15, 0.2) is 40.1 Å². The number of fused-ring (bicyclic) bond motifs is 1. The van der Waals surface area contributed by atoms with Crippen molar-refractivity contribution in [3.8, 4) is 0 Å². The van der Waals surface area contributed by atoms with Crippen molar-refractivity contribution < 1.29 is 0 Å². The molecule has 0 aliphatic heterocycles. The number of hydrogen-bond donors (Lipinski definition) is 1. The summed E-state index contributed by atoms with van der Waals surface area (Å²) in [6.45, 7) is 4.04. The number of rotatable bonds is 2. The normalized spacial score (nSPS) is 11.0. The zero-order valence-corrected chi connectivity index (χ0v) is 13.5. The molecule has 23 heavy (non-hydrogen) atoms. The Hall–Kier alpha value is -2.89. The van der Waals surface area contributed by atoms with Gasteiger partial charge in [0, 0.05) is 26.0 Å². The van der Waals surface area contributed by atoms with Crippen molar-refractivity contribution in [1.29, 1.82) is 0 Å². The third-order valence-electron chi connectivity index (χ3n) is 4.24. The van der Waals surface area contributed by atoms with E-state index in [4.69, 9.17) is 0 Å². The molecular weight excluding hydrogens is 292 g/mol. The van der Waals surface area contributed by atoms with E-state index in [-0.39, 0.29) is 11.2 Å². The van der Waals surface area contributed by atoms with Crippen molar-refractivity contribution in [1.82, 2.24) is 14.1 Å². The molecule has 0 spiro atoms. The van der Waals surface area contributed by atoms with Crippen LogP contribution < -0.4 is 16.6 Å². The topological polar surface area (TPSA) is 68.9 Å². The molecule has 3 rings (SSSR count). The fourth-order valence-electron chi connectivity index (χ4n) is 2.63. The van der Waals surface area contributed by atoms with E-state index in [1.807, 2.05) is 32.0 Å². The van der Waals surface area contributed by atoms with Crippen LogP contribution in [0.2, 0.25) is 0 Å². The standard InChI is InChI=1S/C17H18N4O2/c1-10-6-5-7-12(11(10)2)19-15-14-13(8-9-18-15)20(3)17(23)21(4)16(14)22/h5-9H,1-4H3,(H,18,19). The number of anilines is 2. The van der Waals surface area contributed by atoms with Gasteiger partial charge < -0.3 is 5.32 Å². The SMILES string of the molecule is Cc1cccc(Nc2nccc3c2c(=O)n(C)c(=O)n3C)c1C. The summed E-state index contributed by atoms with van der Waals surface area (Å²) in [7, 11) is 3.12. The van der Waals surface area contributed by atoms with Crippen molar-refractivity contribution in [2.45, 2.75) is 13.8 Å². The highest BCUT2D eigenvalue weighted by molar-refractivity contribution is 5.90. The van der Waals surface area contributed by atoms with Gasteiger partial charge in [-0.2, -0.15) is 0 Å². The molecule has 0 atom stereocenters. The molecule has 0 aliphatic rings. The first-order chi connectivity index (χ1) is 10.9. The van der Waals surface area contributed by atoms with Crippen molar-refractivity contribution in [3.63, 3.8) is 0 Å². The first-order valence-electron chi connectivity index (χ1n) is 7.29. The molecular formula is C17H18N4O2. The average molecular weight is 310 g/mol. The molecule has 2 aromatic heterocycles. The predicted molar refractivity (Wildman–Crippen MR) is 91.4 cm³/mol. The largest absolute Gasteiger partial charge is 0.339 e. The van der Waals surface area contributed by atoms with Crippen LogP contribution >= 0.6 is 0 Å². The molecule has 0 amide bonds. The molecule has 3 aromatic rings. The van der Waals surface area contributed by atoms with Crippen LogP contribution in [0.25, 0.3) is 10.9 Å². The maximum atomic E-state index is 12.5. The number of hydrogen-bond acceptors (Lipinski definition) is 4. The first kappa shape index (κ1) is 15.0. The van der Waals surface area contributed by atoms with Crippen LogP contribution in [0.4, 0.5) is 11.5 Å². The molecule has 2 heterocycles. The maximum absolute atomic E-state index is 12.5. The van der Waals surface area contributed by atoms with Gasteiger partial charge in [0.05, 0.1) is 5.52 Å². The highest BCUT2D eigenvalue weighted by Crippen LogP contribution is 2.24. The molecule has 0 aliphatic carbocycles. The Morgan fingerprint density at radius 3 is 2.52 bits per heavy atom. The van der Waals surface area contributed by atoms with Gasteiger partial charge in [0.1, 0.15) is 11.2 Å². The van der Waals surface area contributed by atoms with Crippen LogP contribution in [0, 0.1) is 13.8 Å². The summed E-state index contributed by atoms with van der Waals surface area (Å²) < 4.78 is 2.55. The average Bonchev–Trinajstić information content (AvgIpc) is 2.55. The van der Waals surface area contributed by atoms with E-state index >= 15 is 0 Å². The number of benzene rings is 1. The van der Waals surface area contributed by atoms with Gasteiger partial charge in [0.2, 0.25) is 0 Å². The molecule has 0 saturated carbocycles. The van der Waals surface area contributed by atoms with Crippen LogP contribution in [-0.2, 0) is 14.1 Å². The number of pyridine rings is 1. The smallest absolute Gasteiger partial charge is 0.330 e. The van der Waals surface area contributed by atoms with Crippen molar-refractivity contribution in [2.75, 3.05) is 5.32 Å². The van der Waals surface area contributed by atoms with Gasteiger partial charge in [-0.1, -0.05) is 12.1 Å². The van der Waals surface area contributed by atoms with E-state index in [2.05, 4.69) is 10.3 Å². The Morgan fingerprint density at radius 1 is 1.04 bits per heavy atom. The van der Waals surface area contributed by atoms with Gasteiger partial charge in [-0.05, 0) is 37.1 Å². The van der Waals surface area contributed by atoms with Crippen LogP contribution in [0.1, 0.15) is 11.1 Å². The van der Waals surface area contributed by atoms with E-state index in [9.17, 15) is 9.59 Å². The van der Waals surface area contributed by atoms with Crippen LogP contribution in [-0.4, -0.2) is 14.1 Å². The first-order valence-corrected chi connectivity index (χ1v) is 7.29. The fourth-order valence-corrected chi connectivity index (χ4v) is 2.63. The van der Waals surface area contributed by atoms with Crippen molar-refractivity contribution in [3.05, 3.63) is 62.4 Å². The number of aromatic nitrogens is 3. The summed E-state index contributed by atoms with van der Waals surface area (Å²) in [6, 6.07) is 7.59. The summed E-state index contributed by atoms with van der Waals surface area (Å²) in [5.41, 5.74) is 2.97. The summed E-state index contributed by atoms with van der Waals surface area (Å²) >= 11 is 0. The minimum Gasteiger partial charge on any atom is -0.339 e. The summed E-state index contributed by atoms with van der Waals surface area (Å²) in [5.74, 6) is 0.451. The van der Waals surface area contributed by atoms with Gasteiger partial charge in [-0.25, -0.2) is 9.78 Å². The molecule has 6 heteroatoms. The molecule has 0 radical (unpaired) electrons. The quantitative estimate of drug-likeness (QED) is 0.786. The van der Waals surface area contributed by atoms with E-state index in [1.165, 1.54) is 11.6 Å². The Morgan fingerprint density at radius 2 is 1.78 bits per heavy atom. The van der Waals surface area contributed by atoms with Gasteiger partial charge in [-0.15, -0.1) is 0 Å². The highest BCUT2D eigenvalue weighted by atomic mass is 16.2. The Kier molecular flexibility index (Phi) is 3.52. The lowest BCUT2D eigenvalue weighted by Gasteiger charge is -2.14. The Bertz CT molecular complexity index is 1030. The molecule has 0 bridgehead atoms. The second kappa shape index (κ2) is 5.39. The number of nitrogens with zero attached hydrogens (tertiary/aromatic N) is 3. The van der Waals surface area contributed by atoms with Crippen molar-refractivity contribution in [2.24, 2.45) is 14.1 Å². The minimum atomic E-state index is -0.357. The lowest BCUT2D eigenvalue weighted by atomic mass is 10.1. The monoisotopic (exact) mass is 310 g/mol. The lowest BCUT2D eigenvalue weighted by Crippen LogP contribution is -2.37. The fraction of sp³-hybridized carbons (Fsp3) is 0.235. The van der Waals surface area contributed by atoms with Gasteiger partial charge in [-0.3, -0.25) is 13.9 Å². The molecule has 0 saturated heterocycles. The molecule has 1 aromatic carbocycles. The van der Waals surface area contributed by atoms with E-state index in [0.717, 1.165) is 21.4 Å². The number of nitrogens with one attached hydrogen (secondary N) is 1. The predicted octanol–water partition coefficient (Wildman–Crippen LogP) is 1.99. The molecule has 6 nitrogen and oxygen atoms in total. The molecule has 118 valence electrons. The molecule has 0 unspecified atom stereocenters. The van der Waals surface area contributed by atoms with Crippen LogP contribution in [0.3, 0.4) is 0 Å². The third kappa shape index (κ3) is 2.32. The Labute approximate surface area is 133 Å². The molecule has 1 N–H and O–H groups in total. The highest BCUT2D eigenvalue weighted by Gasteiger charge is 2.14. The zero-order chi connectivity index (χ0) is 16.7. The molecule has 0 fully saturated rings. The lowest BCUT2D eigenvalue weighted by molar-refractivity contribution is 0.713. The van der Waals surface area contributed by atoms with E-state index < -0.39 is 0 Å². The van der Waals surface area contributed by atoms with Gasteiger partial charge in [0.25, 0.3) is 5.56 Å². The summed E-state index contributed by atoms with van der Waals surface area (Å²) in [6.07, 6.45) is 1.59. The van der Waals surface area contributed by atoms with E-state index in [1.54, 1.807) is 19.3 Å². The van der Waals surface area contributed by atoms with Crippen molar-refractivity contribution >= 4 is 22.4 Å². The number of aryl methyl sites for hydroxylation is 2. The van der Waals surface area contributed by atoms with Gasteiger partial charge >= 0.3 is 5.69 Å². The van der Waals surface area contributed by atoms with E-state index in [0.29, 0.717) is 16.7 Å². The third-order valence-corrected chi connectivity index (χ3v) is 4.24. The van der Waals surface area contributed by atoms with Gasteiger partial charge in [0.15, 0.2) is 0 Å². The second-order valence-corrected chi connectivity index (χ2v) is 5.63. The van der Waals surface area contributed by atoms with Crippen LogP contribution in [0.5, 0.6) is 0 Å². The Balaban J connectivity index is 2.29. The second-order valence-electron chi connectivity index (χ2n) is 5.63. The minimum absolute atomic E-state index is 0.355. The summed E-state index contributed by atoms with van der Waals surface area (Å²) in [4.78, 5) is 28.9. The summed E-state index contributed by atoms with van der Waals surface area (Å²) in [5, 5.41) is 3.63. The maximum Gasteiger partial charge on any atom is 0.330 e. The zero-order valence-electron chi connectivity index (χ0n) is 13.5.